The maximum absolute atomic E-state index is 9.77. The van der Waals surface area contributed by atoms with Gasteiger partial charge in [0.2, 0.25) is 0 Å². The molecule has 0 aliphatic heterocycles. The van der Waals surface area contributed by atoms with E-state index in [4.69, 9.17) is 5.73 Å². The van der Waals surface area contributed by atoms with Gasteiger partial charge in [-0.3, -0.25) is 0 Å². The van der Waals surface area contributed by atoms with Crippen molar-refractivity contribution in [1.82, 2.24) is 0 Å². The van der Waals surface area contributed by atoms with Gasteiger partial charge < -0.3 is 10.8 Å². The molecular formula is C12H19NO. The molecule has 0 aromatic heterocycles. The first-order valence-corrected chi connectivity index (χ1v) is 5.07. The molecule has 0 aliphatic carbocycles. The highest BCUT2D eigenvalue weighted by Gasteiger charge is 2.11. The summed E-state index contributed by atoms with van der Waals surface area (Å²) in [5.74, 6) is 0.845. The van der Waals surface area contributed by atoms with Crippen molar-refractivity contribution in [2.24, 2.45) is 5.73 Å². The molecular weight excluding hydrogens is 174 g/mol. The van der Waals surface area contributed by atoms with Crippen LogP contribution in [0.25, 0.3) is 0 Å². The molecule has 0 amide bonds. The first-order valence-electron chi connectivity index (χ1n) is 5.07. The molecule has 2 nitrogen and oxygen atoms in total. The van der Waals surface area contributed by atoms with Crippen LogP contribution < -0.4 is 5.73 Å². The second kappa shape index (κ2) is 4.47. The average Bonchev–Trinajstić information content (AvgIpc) is 2.15. The van der Waals surface area contributed by atoms with Gasteiger partial charge in [0.1, 0.15) is 5.75 Å². The van der Waals surface area contributed by atoms with Crippen LogP contribution in [-0.2, 0) is 0 Å². The Bertz CT molecular complexity index is 320. The van der Waals surface area contributed by atoms with Crippen LogP contribution in [0.1, 0.15) is 36.0 Å². The maximum atomic E-state index is 9.77. The van der Waals surface area contributed by atoms with Crippen LogP contribution in [0.2, 0.25) is 0 Å². The molecule has 0 fully saturated rings. The van der Waals surface area contributed by atoms with Gasteiger partial charge in [-0.25, -0.2) is 0 Å². The van der Waals surface area contributed by atoms with Crippen molar-refractivity contribution in [3.63, 3.8) is 0 Å². The number of hydrogen-bond donors (Lipinski definition) is 2. The predicted octanol–water partition coefficient (Wildman–Crippen LogP) is 2.46. The molecule has 14 heavy (non-hydrogen) atoms. The number of nitrogens with two attached hydrogens (primary N) is 1. The summed E-state index contributed by atoms with van der Waals surface area (Å²) in [6, 6.07) is 4.05. The Kier molecular flexibility index (Phi) is 3.53. The molecule has 0 bridgehead atoms. The molecule has 1 rings (SSSR count). The van der Waals surface area contributed by atoms with Crippen molar-refractivity contribution in [3.8, 4) is 5.75 Å². The summed E-state index contributed by atoms with van der Waals surface area (Å²) in [6.07, 6.45) is 0.962. The Morgan fingerprint density at radius 2 is 2.00 bits per heavy atom. The lowest BCUT2D eigenvalue weighted by Gasteiger charge is -2.15. The van der Waals surface area contributed by atoms with E-state index in [0.29, 0.717) is 18.2 Å². The van der Waals surface area contributed by atoms with E-state index in [1.807, 2.05) is 19.9 Å². The zero-order valence-electron chi connectivity index (χ0n) is 9.17. The molecule has 78 valence electrons. The lowest BCUT2D eigenvalue weighted by Crippen LogP contribution is -2.06. The smallest absolute Gasteiger partial charge is 0.121 e. The van der Waals surface area contributed by atoms with Crippen LogP contribution in [-0.4, -0.2) is 11.7 Å². The standard InChI is InChI=1S/C12H19NO/c1-8(6-7-13)11-5-4-9(2)12(14)10(11)3/h4-5,8,14H,6-7,13H2,1-3H3. The van der Waals surface area contributed by atoms with Crippen LogP contribution in [0.15, 0.2) is 12.1 Å². The molecule has 0 aliphatic rings. The van der Waals surface area contributed by atoms with Gasteiger partial charge in [0, 0.05) is 0 Å². The van der Waals surface area contributed by atoms with Crippen molar-refractivity contribution in [2.75, 3.05) is 6.54 Å². The minimum atomic E-state index is 0.423. The summed E-state index contributed by atoms with van der Waals surface area (Å²) < 4.78 is 0. The van der Waals surface area contributed by atoms with Crippen LogP contribution in [0.3, 0.4) is 0 Å². The highest BCUT2D eigenvalue weighted by Crippen LogP contribution is 2.30. The number of hydrogen-bond acceptors (Lipinski definition) is 2. The van der Waals surface area contributed by atoms with Gasteiger partial charge in [-0.2, -0.15) is 0 Å². The fourth-order valence-electron chi connectivity index (χ4n) is 1.79. The van der Waals surface area contributed by atoms with Crippen molar-refractivity contribution >= 4 is 0 Å². The van der Waals surface area contributed by atoms with Gasteiger partial charge >= 0.3 is 0 Å². The second-order valence-electron chi connectivity index (χ2n) is 3.92. The first-order chi connectivity index (χ1) is 6.57. The minimum Gasteiger partial charge on any atom is -0.507 e. The molecule has 0 radical (unpaired) electrons. The Morgan fingerprint density at radius 1 is 1.36 bits per heavy atom. The van der Waals surface area contributed by atoms with Crippen LogP contribution in [0.4, 0.5) is 0 Å². The number of aromatic hydroxyl groups is 1. The number of phenolic OH excluding ortho intramolecular Hbond substituents is 1. The van der Waals surface area contributed by atoms with Gasteiger partial charge in [0.05, 0.1) is 0 Å². The Hall–Kier alpha value is -1.02. The third kappa shape index (κ3) is 2.07. The molecule has 1 atom stereocenters. The summed E-state index contributed by atoms with van der Waals surface area (Å²) in [4.78, 5) is 0. The molecule has 2 heteroatoms. The van der Waals surface area contributed by atoms with E-state index in [1.165, 1.54) is 5.56 Å². The van der Waals surface area contributed by atoms with E-state index < -0.39 is 0 Å². The van der Waals surface area contributed by atoms with E-state index >= 15 is 0 Å². The van der Waals surface area contributed by atoms with Crippen LogP contribution in [0, 0.1) is 13.8 Å². The maximum Gasteiger partial charge on any atom is 0.121 e. The minimum absolute atomic E-state index is 0.423. The third-order valence-corrected chi connectivity index (χ3v) is 2.81. The van der Waals surface area contributed by atoms with Crippen molar-refractivity contribution in [1.29, 1.82) is 0 Å². The van der Waals surface area contributed by atoms with Gasteiger partial charge in [0.15, 0.2) is 0 Å². The van der Waals surface area contributed by atoms with Crippen molar-refractivity contribution < 1.29 is 5.11 Å². The Morgan fingerprint density at radius 3 is 2.57 bits per heavy atom. The van der Waals surface area contributed by atoms with Crippen LogP contribution in [0.5, 0.6) is 5.75 Å². The Labute approximate surface area is 85.8 Å². The van der Waals surface area contributed by atoms with Gasteiger partial charge in [0.25, 0.3) is 0 Å². The summed E-state index contributed by atoms with van der Waals surface area (Å²) in [6.45, 7) is 6.71. The van der Waals surface area contributed by atoms with Gasteiger partial charge in [-0.1, -0.05) is 19.1 Å². The number of rotatable bonds is 3. The van der Waals surface area contributed by atoms with Crippen molar-refractivity contribution in [3.05, 3.63) is 28.8 Å². The van der Waals surface area contributed by atoms with E-state index in [9.17, 15) is 5.11 Å². The van der Waals surface area contributed by atoms with Gasteiger partial charge in [-0.05, 0) is 49.4 Å². The fraction of sp³-hybridized carbons (Fsp3) is 0.500. The normalized spacial score (nSPS) is 12.9. The number of benzene rings is 1. The molecule has 0 spiro atoms. The highest BCUT2D eigenvalue weighted by molar-refractivity contribution is 5.45. The summed E-state index contributed by atoms with van der Waals surface area (Å²) in [7, 11) is 0. The van der Waals surface area contributed by atoms with Crippen LogP contribution >= 0.6 is 0 Å². The van der Waals surface area contributed by atoms with E-state index in [1.54, 1.807) is 0 Å². The summed E-state index contributed by atoms with van der Waals surface area (Å²) >= 11 is 0. The quantitative estimate of drug-likeness (QED) is 0.774. The largest absolute Gasteiger partial charge is 0.507 e. The second-order valence-corrected chi connectivity index (χ2v) is 3.92. The highest BCUT2D eigenvalue weighted by atomic mass is 16.3. The topological polar surface area (TPSA) is 46.2 Å². The summed E-state index contributed by atoms with van der Waals surface area (Å²) in [5, 5.41) is 9.77. The Balaban J connectivity index is 3.04. The van der Waals surface area contributed by atoms with Crippen molar-refractivity contribution in [2.45, 2.75) is 33.1 Å². The zero-order chi connectivity index (χ0) is 10.7. The monoisotopic (exact) mass is 193 g/mol. The SMILES string of the molecule is Cc1ccc(C(C)CCN)c(C)c1O. The van der Waals surface area contributed by atoms with E-state index in [2.05, 4.69) is 13.0 Å². The number of aryl methyl sites for hydroxylation is 1. The molecule has 1 aromatic carbocycles. The number of phenols is 1. The molecule has 1 aromatic rings. The predicted molar refractivity (Wildman–Crippen MR) is 59.7 cm³/mol. The molecule has 0 saturated carbocycles. The molecule has 1 unspecified atom stereocenters. The first kappa shape index (κ1) is 11.1. The fourth-order valence-corrected chi connectivity index (χ4v) is 1.79. The lowest BCUT2D eigenvalue weighted by molar-refractivity contribution is 0.464. The average molecular weight is 193 g/mol. The summed E-state index contributed by atoms with van der Waals surface area (Å²) in [5.41, 5.74) is 8.66. The van der Waals surface area contributed by atoms with E-state index in [0.717, 1.165) is 17.5 Å². The molecule has 0 heterocycles. The van der Waals surface area contributed by atoms with Gasteiger partial charge in [-0.15, -0.1) is 0 Å². The molecule has 0 saturated heterocycles. The third-order valence-electron chi connectivity index (χ3n) is 2.81. The molecule has 3 N–H and O–H groups in total. The zero-order valence-corrected chi connectivity index (χ0v) is 9.17. The lowest BCUT2D eigenvalue weighted by atomic mass is 9.92. The van der Waals surface area contributed by atoms with E-state index in [-0.39, 0.29) is 0 Å².